The molecule has 1 aromatic heterocycles. The second-order valence-corrected chi connectivity index (χ2v) is 7.78. The van der Waals surface area contributed by atoms with Crippen LogP contribution in [0.15, 0.2) is 42.7 Å². The number of ether oxygens (including phenoxy) is 3. The molecule has 0 atom stereocenters. The topological polar surface area (TPSA) is 108 Å². The first-order chi connectivity index (χ1) is 15.9. The summed E-state index contributed by atoms with van der Waals surface area (Å²) in [6, 6.07) is 8.41. The highest BCUT2D eigenvalue weighted by Crippen LogP contribution is 2.38. The summed E-state index contributed by atoms with van der Waals surface area (Å²) in [5, 5.41) is 10.4. The number of carbonyl (C=O) groups excluding carboxylic acids is 2. The third kappa shape index (κ3) is 4.50. The van der Waals surface area contributed by atoms with Crippen molar-refractivity contribution in [3.05, 3.63) is 65.1 Å². The van der Waals surface area contributed by atoms with Crippen molar-refractivity contribution in [3.8, 4) is 28.5 Å². The lowest BCUT2D eigenvalue weighted by Crippen LogP contribution is -2.06. The molecule has 0 amide bonds. The summed E-state index contributed by atoms with van der Waals surface area (Å²) < 4.78 is 16.0. The fourth-order valence-electron chi connectivity index (χ4n) is 3.55. The number of phenols is 1. The van der Waals surface area contributed by atoms with Crippen molar-refractivity contribution >= 4 is 11.8 Å². The van der Waals surface area contributed by atoms with Crippen LogP contribution in [0.4, 0.5) is 0 Å². The molecule has 1 aliphatic carbocycles. The Bertz CT molecular complexity index is 1200. The van der Waals surface area contributed by atoms with Gasteiger partial charge in [-0.2, -0.15) is 0 Å². The fourth-order valence-corrected chi connectivity index (χ4v) is 3.55. The van der Waals surface area contributed by atoms with Crippen molar-refractivity contribution in [1.82, 2.24) is 9.97 Å². The summed E-state index contributed by atoms with van der Waals surface area (Å²) in [6.45, 7) is 1.84. The van der Waals surface area contributed by atoms with E-state index in [0.29, 0.717) is 45.1 Å². The van der Waals surface area contributed by atoms with E-state index in [1.54, 1.807) is 49.6 Å². The number of aromatic hydroxyl groups is 1. The van der Waals surface area contributed by atoms with Gasteiger partial charge in [0.05, 0.1) is 43.6 Å². The molecule has 8 nitrogen and oxygen atoms in total. The summed E-state index contributed by atoms with van der Waals surface area (Å²) in [4.78, 5) is 33.1. The lowest BCUT2D eigenvalue weighted by Gasteiger charge is -2.13. The largest absolute Gasteiger partial charge is 0.507 e. The highest BCUT2D eigenvalue weighted by atomic mass is 16.5. The van der Waals surface area contributed by atoms with Crippen LogP contribution in [0.25, 0.3) is 11.3 Å². The van der Waals surface area contributed by atoms with Crippen LogP contribution in [-0.4, -0.2) is 41.0 Å². The molecule has 170 valence electrons. The van der Waals surface area contributed by atoms with Crippen LogP contribution in [0.1, 0.15) is 44.8 Å². The van der Waals surface area contributed by atoms with Gasteiger partial charge in [0.25, 0.3) is 0 Å². The molecule has 1 saturated carbocycles. The van der Waals surface area contributed by atoms with E-state index in [9.17, 15) is 14.7 Å². The smallest absolute Gasteiger partial charge is 0.341 e. The summed E-state index contributed by atoms with van der Waals surface area (Å²) in [7, 11) is 2.78. The summed E-state index contributed by atoms with van der Waals surface area (Å²) >= 11 is 0. The maximum Gasteiger partial charge on any atom is 0.341 e. The zero-order chi connectivity index (χ0) is 23.5. The van der Waals surface area contributed by atoms with E-state index in [1.807, 2.05) is 0 Å². The molecular formula is C25H24N2O6. The fraction of sp³-hybridized carbons (Fsp3) is 0.280. The van der Waals surface area contributed by atoms with Crippen LogP contribution >= 0.6 is 0 Å². The van der Waals surface area contributed by atoms with E-state index in [0.717, 1.165) is 12.8 Å². The minimum Gasteiger partial charge on any atom is -0.507 e. The van der Waals surface area contributed by atoms with Gasteiger partial charge in [-0.3, -0.25) is 14.8 Å². The molecule has 0 unspecified atom stereocenters. The van der Waals surface area contributed by atoms with Crippen LogP contribution in [0.5, 0.6) is 17.2 Å². The number of hydrogen-bond donors (Lipinski definition) is 1. The van der Waals surface area contributed by atoms with Crippen molar-refractivity contribution in [1.29, 1.82) is 0 Å². The Morgan fingerprint density at radius 2 is 1.85 bits per heavy atom. The zero-order valence-electron chi connectivity index (χ0n) is 18.6. The van der Waals surface area contributed by atoms with E-state index in [2.05, 4.69) is 9.97 Å². The number of para-hydroxylation sites is 1. The van der Waals surface area contributed by atoms with E-state index in [4.69, 9.17) is 14.2 Å². The number of benzene rings is 2. The number of aromatic nitrogens is 2. The van der Waals surface area contributed by atoms with Crippen molar-refractivity contribution in [3.63, 3.8) is 0 Å². The number of phenolic OH excluding ortho intramolecular Hbond substituents is 1. The monoisotopic (exact) mass is 448 g/mol. The van der Waals surface area contributed by atoms with Gasteiger partial charge >= 0.3 is 5.97 Å². The Morgan fingerprint density at radius 3 is 2.48 bits per heavy atom. The number of carbonyl (C=O) groups is 2. The SMILES string of the molecule is COC(=O)c1cccc(-c2cnc(COc3ccc(C(=O)C4CC4)c(O)c3C)cn2)c1OC. The first kappa shape index (κ1) is 22.3. The molecule has 1 heterocycles. The van der Waals surface area contributed by atoms with Gasteiger partial charge in [-0.25, -0.2) is 4.79 Å². The van der Waals surface area contributed by atoms with Gasteiger partial charge in [-0.05, 0) is 44.0 Å². The molecule has 1 fully saturated rings. The minimum atomic E-state index is -0.504. The van der Waals surface area contributed by atoms with Crippen molar-refractivity contribution < 1.29 is 28.9 Å². The third-order valence-corrected chi connectivity index (χ3v) is 5.58. The number of methoxy groups -OCH3 is 2. The summed E-state index contributed by atoms with van der Waals surface area (Å²) in [5.74, 6) is 0.296. The van der Waals surface area contributed by atoms with Gasteiger partial charge in [0, 0.05) is 17.0 Å². The number of esters is 1. The van der Waals surface area contributed by atoms with Crippen molar-refractivity contribution in [2.75, 3.05) is 14.2 Å². The number of nitrogens with zero attached hydrogens (tertiary/aromatic N) is 2. The molecule has 1 N–H and O–H groups in total. The average molecular weight is 448 g/mol. The summed E-state index contributed by atoms with van der Waals surface area (Å²) in [5.41, 5.74) is 2.85. The molecule has 8 heteroatoms. The molecule has 0 saturated heterocycles. The van der Waals surface area contributed by atoms with Gasteiger partial charge in [0.1, 0.15) is 29.4 Å². The maximum absolute atomic E-state index is 12.3. The Hall–Kier alpha value is -3.94. The van der Waals surface area contributed by atoms with Crippen molar-refractivity contribution in [2.24, 2.45) is 5.92 Å². The molecule has 0 aliphatic heterocycles. The summed E-state index contributed by atoms with van der Waals surface area (Å²) in [6.07, 6.45) is 4.89. The van der Waals surface area contributed by atoms with Crippen LogP contribution in [0.3, 0.4) is 0 Å². The lowest BCUT2D eigenvalue weighted by atomic mass is 10.0. The van der Waals surface area contributed by atoms with Crippen LogP contribution < -0.4 is 9.47 Å². The van der Waals surface area contributed by atoms with E-state index >= 15 is 0 Å². The minimum absolute atomic E-state index is 0.0182. The standard InChI is InChI=1S/C25H24N2O6/c1-14-21(10-9-18(22(14)28)23(29)15-7-8-15)33-13-16-11-27-20(12-26-16)17-5-4-6-19(24(17)31-2)25(30)32-3/h4-6,9-12,15,28H,7-8,13H2,1-3H3. The van der Waals surface area contributed by atoms with Gasteiger partial charge < -0.3 is 19.3 Å². The second-order valence-electron chi connectivity index (χ2n) is 7.78. The van der Waals surface area contributed by atoms with E-state index in [1.165, 1.54) is 14.2 Å². The number of Topliss-reactive ketones (excluding diaryl/α,β-unsaturated/α-hetero) is 1. The Kier molecular flexibility index (Phi) is 6.26. The molecule has 3 aromatic rings. The van der Waals surface area contributed by atoms with Crippen molar-refractivity contribution in [2.45, 2.75) is 26.4 Å². The van der Waals surface area contributed by atoms with E-state index in [-0.39, 0.29) is 24.1 Å². The van der Waals surface area contributed by atoms with Crippen LogP contribution in [0, 0.1) is 12.8 Å². The Morgan fingerprint density at radius 1 is 1.06 bits per heavy atom. The second kappa shape index (κ2) is 9.28. The van der Waals surface area contributed by atoms with E-state index < -0.39 is 5.97 Å². The number of hydrogen-bond acceptors (Lipinski definition) is 8. The molecule has 4 rings (SSSR count). The highest BCUT2D eigenvalue weighted by Gasteiger charge is 2.32. The highest BCUT2D eigenvalue weighted by molar-refractivity contribution is 6.02. The van der Waals surface area contributed by atoms with Gasteiger partial charge in [-0.15, -0.1) is 0 Å². The van der Waals surface area contributed by atoms with Gasteiger partial charge in [0.2, 0.25) is 0 Å². The molecule has 2 aromatic carbocycles. The quantitative estimate of drug-likeness (QED) is 0.405. The first-order valence-corrected chi connectivity index (χ1v) is 10.5. The molecule has 0 spiro atoms. The molecular weight excluding hydrogens is 424 g/mol. The zero-order valence-corrected chi connectivity index (χ0v) is 18.6. The van der Waals surface area contributed by atoms with Gasteiger partial charge in [-0.1, -0.05) is 6.07 Å². The predicted octanol–water partition coefficient (Wildman–Crippen LogP) is 4.12. The number of ketones is 1. The molecule has 0 radical (unpaired) electrons. The third-order valence-electron chi connectivity index (χ3n) is 5.58. The first-order valence-electron chi connectivity index (χ1n) is 10.5. The molecule has 0 bridgehead atoms. The lowest BCUT2D eigenvalue weighted by molar-refractivity contribution is 0.0597. The molecule has 33 heavy (non-hydrogen) atoms. The van der Waals surface area contributed by atoms with Gasteiger partial charge in [0.15, 0.2) is 5.78 Å². The maximum atomic E-state index is 12.3. The Balaban J connectivity index is 1.50. The van der Waals surface area contributed by atoms with Crippen LogP contribution in [0.2, 0.25) is 0 Å². The average Bonchev–Trinajstić information content (AvgIpc) is 3.69. The Labute approximate surface area is 191 Å². The van der Waals surface area contributed by atoms with Crippen LogP contribution in [-0.2, 0) is 11.3 Å². The molecule has 1 aliphatic rings. The normalized spacial score (nSPS) is 12.8. The number of rotatable bonds is 8. The predicted molar refractivity (Wildman–Crippen MR) is 120 cm³/mol.